The largest absolute Gasteiger partial charge is 0.573 e. The molecule has 246 valence electrons. The molecule has 2 amide bonds. The highest BCUT2D eigenvalue weighted by molar-refractivity contribution is 5.97. The van der Waals surface area contributed by atoms with Crippen molar-refractivity contribution >= 4 is 18.0 Å². The Morgan fingerprint density at radius 3 is 1.79 bits per heavy atom. The molecule has 1 atom stereocenters. The fourth-order valence-electron chi connectivity index (χ4n) is 4.83. The molecule has 0 aliphatic rings. The predicted molar refractivity (Wildman–Crippen MR) is 171 cm³/mol. The zero-order chi connectivity index (χ0) is 34.2. The molecule has 0 aliphatic heterocycles. The molecular formula is C36H35F3N2O6. The Hall–Kier alpha value is -5.32. The number of carbonyl (C=O) groups excluding carboxylic acids is 2. The molecule has 0 saturated heterocycles. The number of carboxylic acids is 1. The van der Waals surface area contributed by atoms with Crippen molar-refractivity contribution in [3.05, 3.63) is 114 Å². The summed E-state index contributed by atoms with van der Waals surface area (Å²) in [6.07, 6.45) is -5.51. The third kappa shape index (κ3) is 10.4. The van der Waals surface area contributed by atoms with Crippen molar-refractivity contribution in [2.75, 3.05) is 13.1 Å². The van der Waals surface area contributed by atoms with Gasteiger partial charge < -0.3 is 24.8 Å². The van der Waals surface area contributed by atoms with Gasteiger partial charge in [0.2, 0.25) is 0 Å². The fraction of sp³-hybridized carbons (Fsp3) is 0.250. The lowest BCUT2D eigenvalue weighted by Gasteiger charge is -2.30. The van der Waals surface area contributed by atoms with Gasteiger partial charge in [-0.1, -0.05) is 78.9 Å². The standard InChI is InChI=1S/C36H35F3N2O6/c1-35(2,3)47-34(45)40-21-22-41(31(33(43)44)23-24-9-11-26(12-10-24)25-7-5-4-6-8-25)32(42)29-15-13-27(14-16-29)28-17-19-30(20-18-28)46-36(37,38)39/h4-20,31H,21-23H2,1-3H3,(H,40,45)(H,43,44). The summed E-state index contributed by atoms with van der Waals surface area (Å²) in [6, 6.07) is 27.4. The molecule has 0 bridgehead atoms. The van der Waals surface area contributed by atoms with Crippen molar-refractivity contribution in [2.45, 2.75) is 45.2 Å². The number of rotatable bonds is 11. The van der Waals surface area contributed by atoms with Gasteiger partial charge in [0, 0.05) is 25.1 Å². The van der Waals surface area contributed by atoms with Gasteiger partial charge in [0.05, 0.1) is 0 Å². The minimum atomic E-state index is -4.81. The lowest BCUT2D eigenvalue weighted by molar-refractivity contribution is -0.274. The monoisotopic (exact) mass is 648 g/mol. The highest BCUT2D eigenvalue weighted by Crippen LogP contribution is 2.27. The van der Waals surface area contributed by atoms with Gasteiger partial charge in [-0.2, -0.15) is 0 Å². The van der Waals surface area contributed by atoms with E-state index < -0.39 is 36.0 Å². The Morgan fingerprint density at radius 1 is 0.766 bits per heavy atom. The van der Waals surface area contributed by atoms with Gasteiger partial charge in [0.25, 0.3) is 5.91 Å². The first kappa shape index (κ1) is 34.6. The van der Waals surface area contributed by atoms with Crippen molar-refractivity contribution in [3.63, 3.8) is 0 Å². The van der Waals surface area contributed by atoms with Gasteiger partial charge in [0.15, 0.2) is 0 Å². The minimum absolute atomic E-state index is 0.00695. The SMILES string of the molecule is CC(C)(C)OC(=O)NCCN(C(=O)c1ccc(-c2ccc(OC(F)(F)F)cc2)cc1)C(Cc1ccc(-c2ccccc2)cc1)C(=O)O. The van der Waals surface area contributed by atoms with Crippen LogP contribution in [0.5, 0.6) is 5.75 Å². The summed E-state index contributed by atoms with van der Waals surface area (Å²) in [7, 11) is 0. The summed E-state index contributed by atoms with van der Waals surface area (Å²) < 4.78 is 46.7. The molecule has 2 N–H and O–H groups in total. The normalized spacial score (nSPS) is 12.1. The van der Waals surface area contributed by atoms with E-state index in [9.17, 15) is 32.7 Å². The first-order valence-electron chi connectivity index (χ1n) is 14.8. The average molecular weight is 649 g/mol. The van der Waals surface area contributed by atoms with Gasteiger partial charge >= 0.3 is 18.4 Å². The van der Waals surface area contributed by atoms with Crippen LogP contribution < -0.4 is 10.1 Å². The second-order valence-electron chi connectivity index (χ2n) is 11.7. The molecule has 47 heavy (non-hydrogen) atoms. The van der Waals surface area contributed by atoms with E-state index in [-0.39, 0.29) is 30.8 Å². The van der Waals surface area contributed by atoms with Crippen LogP contribution in [-0.4, -0.2) is 59.1 Å². The van der Waals surface area contributed by atoms with Gasteiger partial charge in [-0.25, -0.2) is 9.59 Å². The number of halogens is 3. The summed E-state index contributed by atoms with van der Waals surface area (Å²) in [5.74, 6) is -2.16. The number of alkyl halides is 3. The van der Waals surface area contributed by atoms with E-state index in [4.69, 9.17) is 4.74 Å². The number of hydrogen-bond donors (Lipinski definition) is 2. The molecule has 4 rings (SSSR count). The number of carbonyl (C=O) groups is 3. The predicted octanol–water partition coefficient (Wildman–Crippen LogP) is 7.58. The lowest BCUT2D eigenvalue weighted by atomic mass is 9.99. The van der Waals surface area contributed by atoms with Crippen molar-refractivity contribution in [3.8, 4) is 28.0 Å². The number of amides is 2. The number of nitrogens with zero attached hydrogens (tertiary/aromatic N) is 1. The second-order valence-corrected chi connectivity index (χ2v) is 11.7. The van der Waals surface area contributed by atoms with Crippen molar-refractivity contribution < 1.29 is 42.1 Å². The summed E-state index contributed by atoms with van der Waals surface area (Å²) in [5.41, 5.74) is 3.30. The molecule has 0 fully saturated rings. The Labute approximate surface area is 270 Å². The smallest absolute Gasteiger partial charge is 0.480 e. The number of alkyl carbamates (subject to hydrolysis) is 1. The van der Waals surface area contributed by atoms with E-state index in [1.165, 1.54) is 41.3 Å². The second kappa shape index (κ2) is 14.8. The van der Waals surface area contributed by atoms with Crippen molar-refractivity contribution in [1.29, 1.82) is 0 Å². The molecule has 0 saturated carbocycles. The van der Waals surface area contributed by atoms with E-state index >= 15 is 0 Å². The molecule has 0 aromatic heterocycles. The van der Waals surface area contributed by atoms with Crippen LogP contribution in [0.1, 0.15) is 36.7 Å². The zero-order valence-corrected chi connectivity index (χ0v) is 26.1. The van der Waals surface area contributed by atoms with Gasteiger partial charge in [-0.05, 0) is 72.9 Å². The summed E-state index contributed by atoms with van der Waals surface area (Å²) in [5, 5.41) is 12.9. The van der Waals surface area contributed by atoms with Gasteiger partial charge in [-0.3, -0.25) is 4.79 Å². The molecule has 0 radical (unpaired) electrons. The third-order valence-electron chi connectivity index (χ3n) is 6.99. The number of benzene rings is 4. The van der Waals surface area contributed by atoms with Crippen molar-refractivity contribution in [2.24, 2.45) is 0 Å². The summed E-state index contributed by atoms with van der Waals surface area (Å²) in [4.78, 5) is 39.9. The third-order valence-corrected chi connectivity index (χ3v) is 6.99. The number of ether oxygens (including phenoxy) is 2. The van der Waals surface area contributed by atoms with E-state index in [2.05, 4.69) is 10.1 Å². The number of aliphatic carboxylic acids is 1. The van der Waals surface area contributed by atoms with E-state index in [1.807, 2.05) is 54.6 Å². The maximum Gasteiger partial charge on any atom is 0.573 e. The fourth-order valence-corrected chi connectivity index (χ4v) is 4.83. The van der Waals surface area contributed by atoms with E-state index in [0.29, 0.717) is 16.7 Å². The highest BCUT2D eigenvalue weighted by Gasteiger charge is 2.32. The van der Waals surface area contributed by atoms with Crippen LogP contribution in [0.25, 0.3) is 22.3 Å². The molecular weight excluding hydrogens is 613 g/mol. The summed E-state index contributed by atoms with van der Waals surface area (Å²) in [6.45, 7) is 4.93. The topological polar surface area (TPSA) is 105 Å². The Balaban J connectivity index is 1.55. The first-order valence-corrected chi connectivity index (χ1v) is 14.8. The van der Waals surface area contributed by atoms with Crippen molar-refractivity contribution in [1.82, 2.24) is 10.2 Å². The number of hydrogen-bond acceptors (Lipinski definition) is 5. The lowest BCUT2D eigenvalue weighted by Crippen LogP contribution is -2.49. The maximum absolute atomic E-state index is 13.8. The molecule has 4 aromatic rings. The highest BCUT2D eigenvalue weighted by atomic mass is 19.4. The maximum atomic E-state index is 13.8. The number of carboxylic acid groups (broad SMARTS) is 1. The Bertz CT molecular complexity index is 1650. The van der Waals surface area contributed by atoms with Crippen LogP contribution in [0.4, 0.5) is 18.0 Å². The van der Waals surface area contributed by atoms with Crippen LogP contribution in [0, 0.1) is 0 Å². The first-order chi connectivity index (χ1) is 22.2. The van der Waals surface area contributed by atoms with Gasteiger partial charge in [-0.15, -0.1) is 13.2 Å². The molecule has 11 heteroatoms. The number of nitrogens with one attached hydrogen (secondary N) is 1. The molecule has 0 aliphatic carbocycles. The zero-order valence-electron chi connectivity index (χ0n) is 26.1. The van der Waals surface area contributed by atoms with Gasteiger partial charge in [0.1, 0.15) is 17.4 Å². The molecule has 1 unspecified atom stereocenters. The quantitative estimate of drug-likeness (QED) is 0.174. The van der Waals surface area contributed by atoms with E-state index in [1.54, 1.807) is 32.9 Å². The van der Waals surface area contributed by atoms with Crippen LogP contribution in [0.2, 0.25) is 0 Å². The van der Waals surface area contributed by atoms with Crippen LogP contribution in [0.3, 0.4) is 0 Å². The molecule has 0 heterocycles. The van der Waals surface area contributed by atoms with Crippen LogP contribution in [0.15, 0.2) is 103 Å². The Kier molecular flexibility index (Phi) is 10.9. The summed E-state index contributed by atoms with van der Waals surface area (Å²) >= 11 is 0. The van der Waals surface area contributed by atoms with Crippen LogP contribution >= 0.6 is 0 Å². The minimum Gasteiger partial charge on any atom is -0.480 e. The molecule has 4 aromatic carbocycles. The molecule has 8 nitrogen and oxygen atoms in total. The van der Waals surface area contributed by atoms with E-state index in [0.717, 1.165) is 11.1 Å². The molecule has 0 spiro atoms. The Morgan fingerprint density at radius 2 is 1.28 bits per heavy atom. The average Bonchev–Trinajstić information content (AvgIpc) is 3.01. The van der Waals surface area contributed by atoms with Crippen LogP contribution in [-0.2, 0) is 16.0 Å².